The molecule has 1 N–H and O–H groups in total. The summed E-state index contributed by atoms with van der Waals surface area (Å²) in [7, 11) is 0. The molecular formula is C14H11F4NO4. The van der Waals surface area contributed by atoms with Crippen molar-refractivity contribution in [3.8, 4) is 0 Å². The van der Waals surface area contributed by atoms with Gasteiger partial charge in [0, 0.05) is 6.08 Å². The summed E-state index contributed by atoms with van der Waals surface area (Å²) in [5, 5.41) is 9.73. The average molecular weight is 333 g/mol. The van der Waals surface area contributed by atoms with Gasteiger partial charge in [-0.05, 0) is 17.7 Å². The van der Waals surface area contributed by atoms with E-state index in [9.17, 15) is 32.3 Å². The number of carbonyl (C=O) groups excluding carboxylic acids is 2. The molecule has 0 bridgehead atoms. The summed E-state index contributed by atoms with van der Waals surface area (Å²) in [6, 6.07) is 3.17. The number of benzene rings is 1. The van der Waals surface area contributed by atoms with E-state index in [0.29, 0.717) is 23.1 Å². The third-order valence-electron chi connectivity index (χ3n) is 3.10. The Bertz CT molecular complexity index is 639. The Balaban J connectivity index is 2.12. The summed E-state index contributed by atoms with van der Waals surface area (Å²) in [6.45, 7) is -0.0562. The summed E-state index contributed by atoms with van der Waals surface area (Å²) in [5.41, 5.74) is -1.11. The number of halogens is 4. The maximum Gasteiger partial charge on any atom is 0.416 e. The van der Waals surface area contributed by atoms with E-state index in [2.05, 4.69) is 4.74 Å². The van der Waals surface area contributed by atoms with E-state index < -0.39 is 35.7 Å². The number of aliphatic hydroxyl groups is 1. The highest BCUT2D eigenvalue weighted by Crippen LogP contribution is 2.31. The van der Waals surface area contributed by atoms with Gasteiger partial charge in [0.25, 0.3) is 5.91 Å². The smallest absolute Gasteiger partial charge is 0.416 e. The Morgan fingerprint density at radius 2 is 1.91 bits per heavy atom. The van der Waals surface area contributed by atoms with Crippen LogP contribution in [0.25, 0.3) is 0 Å². The Kier molecular flexibility index (Phi) is 4.69. The second-order valence-electron chi connectivity index (χ2n) is 4.66. The first-order chi connectivity index (χ1) is 10.7. The predicted molar refractivity (Wildman–Crippen MR) is 68.7 cm³/mol. The van der Waals surface area contributed by atoms with Crippen LogP contribution in [0.3, 0.4) is 0 Å². The lowest BCUT2D eigenvalue weighted by atomic mass is 10.1. The van der Waals surface area contributed by atoms with Crippen molar-refractivity contribution in [3.63, 3.8) is 0 Å². The van der Waals surface area contributed by atoms with Gasteiger partial charge in [-0.3, -0.25) is 4.79 Å². The number of carbonyl (C=O) groups is 2. The Hall–Kier alpha value is -2.42. The Morgan fingerprint density at radius 3 is 2.39 bits per heavy atom. The highest BCUT2D eigenvalue weighted by Gasteiger charge is 2.31. The van der Waals surface area contributed by atoms with Crippen molar-refractivity contribution in [3.05, 3.63) is 47.3 Å². The lowest BCUT2D eigenvalue weighted by Crippen LogP contribution is -2.30. The van der Waals surface area contributed by atoms with Crippen molar-refractivity contribution in [1.29, 1.82) is 0 Å². The number of imide groups is 1. The molecule has 2 rings (SSSR count). The van der Waals surface area contributed by atoms with Crippen molar-refractivity contribution in [2.75, 3.05) is 13.2 Å². The van der Waals surface area contributed by atoms with Crippen LogP contribution in [-0.2, 0) is 15.7 Å². The fraction of sp³-hybridized carbons (Fsp3) is 0.286. The van der Waals surface area contributed by atoms with Gasteiger partial charge in [0.2, 0.25) is 0 Å². The summed E-state index contributed by atoms with van der Waals surface area (Å²) in [5.74, 6) is -2.31. The van der Waals surface area contributed by atoms with Gasteiger partial charge in [0.15, 0.2) is 0 Å². The molecule has 0 aliphatic carbocycles. The first kappa shape index (κ1) is 16.9. The number of cyclic esters (lactones) is 1. The molecule has 0 saturated carbocycles. The van der Waals surface area contributed by atoms with E-state index >= 15 is 0 Å². The minimum Gasteiger partial charge on any atom is -0.447 e. The van der Waals surface area contributed by atoms with Crippen LogP contribution in [0.2, 0.25) is 0 Å². The van der Waals surface area contributed by atoms with Gasteiger partial charge in [-0.15, -0.1) is 0 Å². The molecule has 1 aromatic carbocycles. The highest BCUT2D eigenvalue weighted by atomic mass is 19.4. The fourth-order valence-electron chi connectivity index (χ4n) is 1.88. The Labute approximate surface area is 127 Å². The summed E-state index contributed by atoms with van der Waals surface area (Å²) < 4.78 is 55.6. The van der Waals surface area contributed by atoms with Crippen LogP contribution in [0.1, 0.15) is 17.2 Å². The molecule has 124 valence electrons. The minimum atomic E-state index is -4.55. The van der Waals surface area contributed by atoms with Gasteiger partial charge in [0.1, 0.15) is 18.5 Å². The van der Waals surface area contributed by atoms with E-state index in [1.807, 2.05) is 0 Å². The third kappa shape index (κ3) is 3.86. The molecule has 1 heterocycles. The lowest BCUT2D eigenvalue weighted by Gasteiger charge is -2.12. The number of rotatable bonds is 3. The third-order valence-corrected chi connectivity index (χ3v) is 3.10. The standard InChI is InChI=1S/C14H11F4NO4/c15-10(7-11(20)19-5-6-23-13(19)22)12(21)8-1-3-9(4-2-8)14(16,17)18/h1-4,7,12,21H,5-6H2/b10-7-. The largest absolute Gasteiger partial charge is 0.447 e. The van der Waals surface area contributed by atoms with Crippen molar-refractivity contribution >= 4 is 12.0 Å². The van der Waals surface area contributed by atoms with Gasteiger partial charge in [0.05, 0.1) is 12.1 Å². The van der Waals surface area contributed by atoms with Crippen LogP contribution in [0.5, 0.6) is 0 Å². The van der Waals surface area contributed by atoms with E-state index in [0.717, 1.165) is 12.1 Å². The molecule has 1 aromatic rings. The summed E-state index contributed by atoms with van der Waals surface area (Å²) >= 11 is 0. The van der Waals surface area contributed by atoms with Gasteiger partial charge in [-0.25, -0.2) is 14.1 Å². The number of hydrogen-bond acceptors (Lipinski definition) is 4. The minimum absolute atomic E-state index is 0.0124. The van der Waals surface area contributed by atoms with Crippen LogP contribution >= 0.6 is 0 Å². The summed E-state index contributed by atoms with van der Waals surface area (Å²) in [4.78, 5) is 23.4. The number of aliphatic hydroxyl groups excluding tert-OH is 1. The maximum absolute atomic E-state index is 13.8. The molecule has 9 heteroatoms. The van der Waals surface area contributed by atoms with E-state index in [4.69, 9.17) is 0 Å². The molecular weight excluding hydrogens is 322 g/mol. The van der Waals surface area contributed by atoms with E-state index in [1.165, 1.54) is 0 Å². The van der Waals surface area contributed by atoms with Crippen molar-refractivity contribution in [2.45, 2.75) is 12.3 Å². The molecule has 1 aliphatic rings. The number of nitrogens with zero attached hydrogens (tertiary/aromatic N) is 1. The SMILES string of the molecule is O=C(/C=C(\F)C(O)c1ccc(C(F)(F)F)cc1)N1CCOC1=O. The first-order valence-electron chi connectivity index (χ1n) is 6.40. The molecule has 1 atom stereocenters. The van der Waals surface area contributed by atoms with Gasteiger partial charge >= 0.3 is 12.3 Å². The van der Waals surface area contributed by atoms with E-state index in [1.54, 1.807) is 0 Å². The second kappa shape index (κ2) is 6.37. The number of hydrogen-bond donors (Lipinski definition) is 1. The van der Waals surface area contributed by atoms with Gasteiger partial charge < -0.3 is 9.84 Å². The molecule has 1 unspecified atom stereocenters. The van der Waals surface area contributed by atoms with Crippen molar-refractivity contribution < 1.29 is 37.0 Å². The monoisotopic (exact) mass is 333 g/mol. The molecule has 5 nitrogen and oxygen atoms in total. The zero-order chi connectivity index (χ0) is 17.2. The number of alkyl halides is 3. The van der Waals surface area contributed by atoms with Crippen LogP contribution in [0.15, 0.2) is 36.2 Å². The van der Waals surface area contributed by atoms with E-state index in [-0.39, 0.29) is 18.7 Å². The van der Waals surface area contributed by atoms with Gasteiger partial charge in [-0.1, -0.05) is 12.1 Å². The lowest BCUT2D eigenvalue weighted by molar-refractivity contribution is -0.137. The first-order valence-corrected chi connectivity index (χ1v) is 6.40. The molecule has 1 fully saturated rings. The second-order valence-corrected chi connectivity index (χ2v) is 4.66. The zero-order valence-corrected chi connectivity index (χ0v) is 11.5. The number of ether oxygens (including phenoxy) is 1. The molecule has 0 aromatic heterocycles. The molecule has 1 aliphatic heterocycles. The molecule has 2 amide bonds. The maximum atomic E-state index is 13.8. The van der Waals surface area contributed by atoms with Gasteiger partial charge in [-0.2, -0.15) is 13.2 Å². The van der Waals surface area contributed by atoms with Crippen LogP contribution in [0, 0.1) is 0 Å². The molecule has 1 saturated heterocycles. The van der Waals surface area contributed by atoms with Crippen molar-refractivity contribution in [2.24, 2.45) is 0 Å². The summed E-state index contributed by atoms with van der Waals surface area (Å²) in [6.07, 6.45) is -7.00. The van der Waals surface area contributed by atoms with Crippen LogP contribution in [0.4, 0.5) is 22.4 Å². The molecule has 23 heavy (non-hydrogen) atoms. The normalized spacial score (nSPS) is 17.2. The predicted octanol–water partition coefficient (Wildman–Crippen LogP) is 2.57. The number of amides is 2. The quantitative estimate of drug-likeness (QED) is 0.682. The fourth-order valence-corrected chi connectivity index (χ4v) is 1.88. The van der Waals surface area contributed by atoms with Crippen LogP contribution < -0.4 is 0 Å². The Morgan fingerprint density at radius 1 is 1.30 bits per heavy atom. The van der Waals surface area contributed by atoms with Crippen LogP contribution in [-0.4, -0.2) is 35.2 Å². The molecule has 0 spiro atoms. The topological polar surface area (TPSA) is 66.8 Å². The molecule has 0 radical (unpaired) electrons. The average Bonchev–Trinajstić information content (AvgIpc) is 2.92. The zero-order valence-electron chi connectivity index (χ0n) is 11.5. The highest BCUT2D eigenvalue weighted by molar-refractivity contribution is 5.99. The van der Waals surface area contributed by atoms with Crippen molar-refractivity contribution in [1.82, 2.24) is 4.90 Å².